The fourth-order valence-electron chi connectivity index (χ4n) is 3.86. The maximum Gasteiger partial charge on any atom is 0.321 e. The van der Waals surface area contributed by atoms with Gasteiger partial charge in [0, 0.05) is 37.3 Å². The van der Waals surface area contributed by atoms with Crippen LogP contribution >= 0.6 is 0 Å². The Bertz CT molecular complexity index is 884. The molecule has 2 amide bonds. The summed E-state index contributed by atoms with van der Waals surface area (Å²) < 4.78 is 5.50. The monoisotopic (exact) mass is 440 g/mol. The first kappa shape index (κ1) is 23.6. The molecule has 1 aromatic heterocycles. The average molecular weight is 441 g/mol. The number of nitrogens with one attached hydrogen (secondary N) is 3. The number of benzene rings is 1. The lowest BCUT2D eigenvalue weighted by molar-refractivity contribution is 0.222. The first-order valence-corrected chi connectivity index (χ1v) is 11.7. The van der Waals surface area contributed by atoms with Crippen LogP contribution in [0.5, 0.6) is 0 Å². The van der Waals surface area contributed by atoms with Gasteiger partial charge < -0.3 is 25.4 Å². The number of carbonyl (C=O) groups excluding carboxylic acids is 1. The molecule has 1 aromatic carbocycles. The molecule has 32 heavy (non-hydrogen) atoms. The zero-order valence-electron chi connectivity index (χ0n) is 19.5. The second-order valence-corrected chi connectivity index (χ2v) is 8.10. The molecule has 2 aromatic rings. The maximum atomic E-state index is 12.3. The average Bonchev–Trinajstić information content (AvgIpc) is 3.50. The second kappa shape index (κ2) is 12.1. The quantitative estimate of drug-likeness (QED) is 0.395. The zero-order chi connectivity index (χ0) is 22.8. The van der Waals surface area contributed by atoms with Gasteiger partial charge in [0.05, 0.1) is 18.8 Å². The molecule has 1 fully saturated rings. The fourth-order valence-corrected chi connectivity index (χ4v) is 3.86. The van der Waals surface area contributed by atoms with Crippen LogP contribution in [-0.4, -0.2) is 41.7 Å². The van der Waals surface area contributed by atoms with E-state index in [4.69, 9.17) is 4.52 Å². The van der Waals surface area contributed by atoms with Crippen molar-refractivity contribution in [3.8, 4) is 0 Å². The first-order valence-electron chi connectivity index (χ1n) is 11.7. The minimum atomic E-state index is -0.0297. The van der Waals surface area contributed by atoms with Crippen molar-refractivity contribution in [2.45, 2.75) is 65.5 Å². The van der Waals surface area contributed by atoms with Crippen molar-refractivity contribution in [1.82, 2.24) is 20.7 Å². The largest absolute Gasteiger partial charge is 0.359 e. The highest BCUT2D eigenvalue weighted by molar-refractivity contribution is 5.89. The number of hydrogen-bond acceptors (Lipinski definition) is 4. The normalized spacial score (nSPS) is 14.1. The predicted octanol–water partition coefficient (Wildman–Crippen LogP) is 4.46. The highest BCUT2D eigenvalue weighted by atomic mass is 16.5. The fraction of sp³-hybridized carbons (Fsp3) is 0.542. The van der Waals surface area contributed by atoms with Crippen molar-refractivity contribution in [2.75, 3.05) is 25.0 Å². The summed E-state index contributed by atoms with van der Waals surface area (Å²) in [5, 5.41) is 13.8. The number of aromatic nitrogens is 1. The molecule has 174 valence electrons. The lowest BCUT2D eigenvalue weighted by Gasteiger charge is -2.16. The van der Waals surface area contributed by atoms with Crippen LogP contribution in [0.4, 0.5) is 10.5 Å². The van der Waals surface area contributed by atoms with Gasteiger partial charge in [-0.05, 0) is 50.3 Å². The SMILES string of the molecule is CCNC(=NCc1cccc(NC(=O)N2CCCC2)c1)NCc1cc(C(CC)CC)no1. The number of anilines is 1. The number of rotatable bonds is 9. The van der Waals surface area contributed by atoms with Gasteiger partial charge in [0.15, 0.2) is 11.7 Å². The van der Waals surface area contributed by atoms with E-state index in [1.165, 1.54) is 0 Å². The molecule has 8 nitrogen and oxygen atoms in total. The zero-order valence-corrected chi connectivity index (χ0v) is 19.5. The molecule has 0 saturated carbocycles. The van der Waals surface area contributed by atoms with Gasteiger partial charge in [-0.3, -0.25) is 0 Å². The summed E-state index contributed by atoms with van der Waals surface area (Å²) in [6, 6.07) is 9.83. The number of hydrogen-bond donors (Lipinski definition) is 3. The number of guanidine groups is 1. The molecule has 1 aliphatic rings. The first-order chi connectivity index (χ1) is 15.6. The highest BCUT2D eigenvalue weighted by Crippen LogP contribution is 2.22. The van der Waals surface area contributed by atoms with Crippen molar-refractivity contribution in [1.29, 1.82) is 0 Å². The van der Waals surface area contributed by atoms with Gasteiger partial charge in [0.1, 0.15) is 0 Å². The van der Waals surface area contributed by atoms with E-state index in [-0.39, 0.29) is 6.03 Å². The Balaban J connectivity index is 1.57. The van der Waals surface area contributed by atoms with Gasteiger partial charge in [-0.15, -0.1) is 0 Å². The van der Waals surface area contributed by atoms with Crippen LogP contribution < -0.4 is 16.0 Å². The van der Waals surface area contributed by atoms with Crippen molar-refractivity contribution >= 4 is 17.7 Å². The van der Waals surface area contributed by atoms with Crippen LogP contribution in [0, 0.1) is 0 Å². The smallest absolute Gasteiger partial charge is 0.321 e. The molecule has 8 heteroatoms. The predicted molar refractivity (Wildman–Crippen MR) is 128 cm³/mol. The van der Waals surface area contributed by atoms with Gasteiger partial charge in [0.2, 0.25) is 0 Å². The summed E-state index contributed by atoms with van der Waals surface area (Å²) >= 11 is 0. The van der Waals surface area contributed by atoms with Crippen molar-refractivity contribution in [3.63, 3.8) is 0 Å². The van der Waals surface area contributed by atoms with Crippen molar-refractivity contribution in [3.05, 3.63) is 47.3 Å². The summed E-state index contributed by atoms with van der Waals surface area (Å²) in [6.45, 7) is 9.81. The van der Waals surface area contributed by atoms with Gasteiger partial charge >= 0.3 is 6.03 Å². The summed E-state index contributed by atoms with van der Waals surface area (Å²) in [7, 11) is 0. The number of carbonyl (C=O) groups is 1. The van der Waals surface area contributed by atoms with E-state index in [1.54, 1.807) is 0 Å². The minimum absolute atomic E-state index is 0.0297. The second-order valence-electron chi connectivity index (χ2n) is 8.10. The van der Waals surface area contributed by atoms with Crippen molar-refractivity contribution < 1.29 is 9.32 Å². The van der Waals surface area contributed by atoms with E-state index in [0.29, 0.717) is 25.0 Å². The standard InChI is InChI=1S/C24H36N6O2/c1-4-19(5-2)22-15-21(32-29-22)17-27-23(25-6-3)26-16-18-10-9-11-20(14-18)28-24(31)30-12-7-8-13-30/h9-11,14-15,19H,4-8,12-13,16-17H2,1-3H3,(H,28,31)(H2,25,26,27). The maximum absolute atomic E-state index is 12.3. The highest BCUT2D eigenvalue weighted by Gasteiger charge is 2.17. The lowest BCUT2D eigenvalue weighted by Crippen LogP contribution is -2.36. The Hall–Kier alpha value is -3.03. The number of amides is 2. The van der Waals surface area contributed by atoms with Crippen LogP contribution in [0.25, 0.3) is 0 Å². The van der Waals surface area contributed by atoms with Crippen LogP contribution in [0.2, 0.25) is 0 Å². The Morgan fingerprint density at radius 1 is 1.16 bits per heavy atom. The Morgan fingerprint density at radius 3 is 2.66 bits per heavy atom. The molecule has 1 aliphatic heterocycles. The summed E-state index contributed by atoms with van der Waals surface area (Å²) in [5.74, 6) is 1.94. The molecule has 1 saturated heterocycles. The third kappa shape index (κ3) is 6.73. The Kier molecular flexibility index (Phi) is 8.95. The molecular formula is C24H36N6O2. The number of likely N-dealkylation sites (tertiary alicyclic amines) is 1. The molecule has 0 atom stereocenters. The van der Waals surface area contributed by atoms with Crippen LogP contribution in [0.1, 0.15) is 69.4 Å². The molecule has 2 heterocycles. The number of nitrogens with zero attached hydrogens (tertiary/aromatic N) is 3. The lowest BCUT2D eigenvalue weighted by atomic mass is 9.99. The van der Waals surface area contributed by atoms with E-state index in [0.717, 1.165) is 68.0 Å². The molecule has 0 bridgehead atoms. The molecule has 0 radical (unpaired) electrons. The summed E-state index contributed by atoms with van der Waals surface area (Å²) in [5.41, 5.74) is 2.83. The molecule has 0 spiro atoms. The van der Waals surface area contributed by atoms with Gasteiger partial charge in [0.25, 0.3) is 0 Å². The molecule has 3 N–H and O–H groups in total. The van der Waals surface area contributed by atoms with Gasteiger partial charge in [-0.25, -0.2) is 9.79 Å². The van der Waals surface area contributed by atoms with E-state index in [9.17, 15) is 4.79 Å². The third-order valence-electron chi connectivity index (χ3n) is 5.75. The minimum Gasteiger partial charge on any atom is -0.359 e. The Morgan fingerprint density at radius 2 is 1.94 bits per heavy atom. The van der Waals surface area contributed by atoms with E-state index >= 15 is 0 Å². The molecular weight excluding hydrogens is 404 g/mol. The molecule has 3 rings (SSSR count). The van der Waals surface area contributed by atoms with E-state index < -0.39 is 0 Å². The van der Waals surface area contributed by atoms with E-state index in [1.807, 2.05) is 42.2 Å². The topological polar surface area (TPSA) is 94.8 Å². The number of urea groups is 1. The third-order valence-corrected chi connectivity index (χ3v) is 5.75. The van der Waals surface area contributed by atoms with Crippen molar-refractivity contribution in [2.24, 2.45) is 4.99 Å². The van der Waals surface area contributed by atoms with E-state index in [2.05, 4.69) is 39.9 Å². The molecule has 0 aliphatic carbocycles. The van der Waals surface area contributed by atoms with Gasteiger partial charge in [-0.1, -0.05) is 31.1 Å². The Labute approximate surface area is 190 Å². The van der Waals surface area contributed by atoms with Crippen LogP contribution in [-0.2, 0) is 13.1 Å². The van der Waals surface area contributed by atoms with Gasteiger partial charge in [-0.2, -0.15) is 0 Å². The van der Waals surface area contributed by atoms with Crippen LogP contribution in [0.15, 0.2) is 39.8 Å². The van der Waals surface area contributed by atoms with Crippen LogP contribution in [0.3, 0.4) is 0 Å². The summed E-state index contributed by atoms with van der Waals surface area (Å²) in [4.78, 5) is 18.9. The summed E-state index contributed by atoms with van der Waals surface area (Å²) in [6.07, 6.45) is 4.26. The number of aliphatic imine (C=N–C) groups is 1. The molecule has 0 unspecified atom stereocenters.